The van der Waals surface area contributed by atoms with E-state index >= 15 is 0 Å². The van der Waals surface area contributed by atoms with E-state index in [0.29, 0.717) is 12.5 Å². The molecule has 0 bridgehead atoms. The first-order chi connectivity index (χ1) is 7.72. The third kappa shape index (κ3) is 3.55. The highest BCUT2D eigenvalue weighted by atomic mass is 35.5. The molecule has 4 heteroatoms. The first-order valence-electron chi connectivity index (χ1n) is 5.31. The normalized spacial score (nSPS) is 10.5. The van der Waals surface area contributed by atoms with E-state index in [2.05, 4.69) is 11.8 Å². The van der Waals surface area contributed by atoms with E-state index in [9.17, 15) is 0 Å². The number of nitrogens with zero attached hydrogens (tertiary/aromatic N) is 1. The molecular weight excluding hydrogens is 245 g/mol. The van der Waals surface area contributed by atoms with Crippen LogP contribution in [0.4, 0.5) is 5.69 Å². The monoisotopic (exact) mass is 261 g/mol. The number of hydrogen-bond acceptors (Lipinski definition) is 2. The smallest absolute Gasteiger partial charge is 0.0642 e. The Bertz CT molecular complexity index is 331. The standard InChI is InChI=1S/C12H17Cl2NO/c1-3-15(6-7-16-2)12-5-4-10(9-13)8-11(12)14/h4-5,8H,3,6-7,9H2,1-2H3. The Morgan fingerprint density at radius 2 is 2.12 bits per heavy atom. The van der Waals surface area contributed by atoms with Gasteiger partial charge in [-0.1, -0.05) is 17.7 Å². The molecule has 0 fully saturated rings. The van der Waals surface area contributed by atoms with Gasteiger partial charge in [0.05, 0.1) is 17.3 Å². The average molecular weight is 262 g/mol. The van der Waals surface area contributed by atoms with Crippen LogP contribution >= 0.6 is 23.2 Å². The number of alkyl halides is 1. The number of hydrogen-bond donors (Lipinski definition) is 0. The fraction of sp³-hybridized carbons (Fsp3) is 0.500. The molecule has 0 saturated carbocycles. The summed E-state index contributed by atoms with van der Waals surface area (Å²) in [6.45, 7) is 4.54. The van der Waals surface area contributed by atoms with Crippen molar-refractivity contribution in [3.05, 3.63) is 28.8 Å². The van der Waals surface area contributed by atoms with Crippen LogP contribution in [-0.2, 0) is 10.6 Å². The second-order valence-corrected chi connectivity index (χ2v) is 4.17. The highest BCUT2D eigenvalue weighted by Crippen LogP contribution is 2.27. The molecule has 0 radical (unpaired) electrons. The first-order valence-corrected chi connectivity index (χ1v) is 6.22. The Balaban J connectivity index is 2.83. The Hall–Kier alpha value is -0.440. The molecule has 1 aromatic rings. The molecule has 0 unspecified atom stereocenters. The van der Waals surface area contributed by atoms with Gasteiger partial charge in [0, 0.05) is 26.1 Å². The maximum absolute atomic E-state index is 6.22. The van der Waals surface area contributed by atoms with Crippen LogP contribution in [0, 0.1) is 0 Å². The molecule has 2 nitrogen and oxygen atoms in total. The molecule has 90 valence electrons. The third-order valence-electron chi connectivity index (χ3n) is 2.45. The van der Waals surface area contributed by atoms with Crippen LogP contribution in [-0.4, -0.2) is 26.8 Å². The van der Waals surface area contributed by atoms with Crippen LogP contribution in [0.2, 0.25) is 5.02 Å². The quantitative estimate of drug-likeness (QED) is 0.727. The van der Waals surface area contributed by atoms with Crippen molar-refractivity contribution in [3.63, 3.8) is 0 Å². The molecular formula is C12H17Cl2NO. The summed E-state index contributed by atoms with van der Waals surface area (Å²) in [6, 6.07) is 5.93. The SMILES string of the molecule is CCN(CCOC)c1ccc(CCl)cc1Cl. The number of benzene rings is 1. The minimum Gasteiger partial charge on any atom is -0.383 e. The molecule has 0 aliphatic heterocycles. The first kappa shape index (κ1) is 13.6. The van der Waals surface area contributed by atoms with Crippen LogP contribution in [0.1, 0.15) is 12.5 Å². The van der Waals surface area contributed by atoms with Gasteiger partial charge >= 0.3 is 0 Å². The Labute approximate surface area is 107 Å². The van der Waals surface area contributed by atoms with Crippen LogP contribution in [0.5, 0.6) is 0 Å². The zero-order valence-electron chi connectivity index (χ0n) is 9.67. The Morgan fingerprint density at radius 1 is 1.38 bits per heavy atom. The number of rotatable bonds is 6. The number of methoxy groups -OCH3 is 1. The van der Waals surface area contributed by atoms with Gasteiger partial charge < -0.3 is 9.64 Å². The van der Waals surface area contributed by atoms with E-state index in [0.717, 1.165) is 29.4 Å². The van der Waals surface area contributed by atoms with Gasteiger partial charge in [-0.25, -0.2) is 0 Å². The molecule has 0 atom stereocenters. The molecule has 1 rings (SSSR count). The average Bonchev–Trinajstić information content (AvgIpc) is 2.31. The van der Waals surface area contributed by atoms with Gasteiger partial charge in [-0.2, -0.15) is 0 Å². The molecule has 0 aliphatic rings. The van der Waals surface area contributed by atoms with Crippen molar-refractivity contribution in [1.82, 2.24) is 0 Å². The molecule has 1 aromatic carbocycles. The highest BCUT2D eigenvalue weighted by Gasteiger charge is 2.08. The van der Waals surface area contributed by atoms with Gasteiger partial charge in [-0.3, -0.25) is 0 Å². The molecule has 0 aromatic heterocycles. The summed E-state index contributed by atoms with van der Waals surface area (Å²) in [5.41, 5.74) is 2.08. The zero-order chi connectivity index (χ0) is 12.0. The fourth-order valence-electron chi connectivity index (χ4n) is 1.54. The maximum atomic E-state index is 6.22. The molecule has 0 amide bonds. The Kier molecular flexibility index (Phi) is 5.96. The third-order valence-corrected chi connectivity index (χ3v) is 3.07. The van der Waals surface area contributed by atoms with Gasteiger partial charge in [0.15, 0.2) is 0 Å². The van der Waals surface area contributed by atoms with Crippen molar-refractivity contribution in [3.8, 4) is 0 Å². The van der Waals surface area contributed by atoms with Gasteiger partial charge in [0.2, 0.25) is 0 Å². The predicted octanol–water partition coefficient (Wildman–Crippen LogP) is 3.55. The van der Waals surface area contributed by atoms with E-state index in [1.54, 1.807) is 7.11 Å². The van der Waals surface area contributed by atoms with E-state index in [4.69, 9.17) is 27.9 Å². The number of ether oxygens (including phenoxy) is 1. The molecule has 0 N–H and O–H groups in total. The van der Waals surface area contributed by atoms with Crippen molar-refractivity contribution in [2.75, 3.05) is 31.7 Å². The van der Waals surface area contributed by atoms with E-state index in [1.165, 1.54) is 0 Å². The molecule has 0 aliphatic carbocycles. The Morgan fingerprint density at radius 3 is 2.62 bits per heavy atom. The second-order valence-electron chi connectivity index (χ2n) is 3.49. The van der Waals surface area contributed by atoms with Crippen LogP contribution in [0.25, 0.3) is 0 Å². The summed E-state index contributed by atoms with van der Waals surface area (Å²) in [5.74, 6) is 0.490. The lowest BCUT2D eigenvalue weighted by atomic mass is 10.2. The van der Waals surface area contributed by atoms with Gasteiger partial charge in [-0.15, -0.1) is 11.6 Å². The minimum atomic E-state index is 0.490. The molecule has 0 heterocycles. The van der Waals surface area contributed by atoms with Gasteiger partial charge in [-0.05, 0) is 24.6 Å². The second kappa shape index (κ2) is 7.00. The van der Waals surface area contributed by atoms with Crippen molar-refractivity contribution in [2.45, 2.75) is 12.8 Å². The molecule has 0 spiro atoms. The van der Waals surface area contributed by atoms with Crippen molar-refractivity contribution in [1.29, 1.82) is 0 Å². The molecule has 16 heavy (non-hydrogen) atoms. The van der Waals surface area contributed by atoms with Crippen molar-refractivity contribution in [2.24, 2.45) is 0 Å². The van der Waals surface area contributed by atoms with Crippen LogP contribution in [0.15, 0.2) is 18.2 Å². The van der Waals surface area contributed by atoms with E-state index in [-0.39, 0.29) is 0 Å². The minimum absolute atomic E-state index is 0.490. The lowest BCUT2D eigenvalue weighted by Gasteiger charge is -2.24. The predicted molar refractivity (Wildman–Crippen MR) is 70.8 cm³/mol. The van der Waals surface area contributed by atoms with E-state index < -0.39 is 0 Å². The van der Waals surface area contributed by atoms with Gasteiger partial charge in [0.25, 0.3) is 0 Å². The summed E-state index contributed by atoms with van der Waals surface area (Å²) in [4.78, 5) is 2.18. The summed E-state index contributed by atoms with van der Waals surface area (Å²) >= 11 is 12.0. The summed E-state index contributed by atoms with van der Waals surface area (Å²) in [6.07, 6.45) is 0. The lowest BCUT2D eigenvalue weighted by molar-refractivity contribution is 0.205. The van der Waals surface area contributed by atoms with Crippen LogP contribution < -0.4 is 4.90 Å². The number of halogens is 2. The number of anilines is 1. The fourth-order valence-corrected chi connectivity index (χ4v) is 2.03. The summed E-state index contributed by atoms with van der Waals surface area (Å²) in [5, 5.41) is 0.746. The van der Waals surface area contributed by atoms with E-state index in [1.807, 2.05) is 18.2 Å². The van der Waals surface area contributed by atoms with Crippen LogP contribution in [0.3, 0.4) is 0 Å². The topological polar surface area (TPSA) is 12.5 Å². The largest absolute Gasteiger partial charge is 0.383 e. The zero-order valence-corrected chi connectivity index (χ0v) is 11.2. The van der Waals surface area contributed by atoms with Gasteiger partial charge in [0.1, 0.15) is 0 Å². The highest BCUT2D eigenvalue weighted by molar-refractivity contribution is 6.33. The molecule has 0 saturated heterocycles. The number of likely N-dealkylation sites (N-methyl/N-ethyl adjacent to an activating group) is 1. The van der Waals surface area contributed by atoms with Crippen molar-refractivity contribution >= 4 is 28.9 Å². The maximum Gasteiger partial charge on any atom is 0.0642 e. The summed E-state index contributed by atoms with van der Waals surface area (Å²) < 4.78 is 5.07. The lowest BCUT2D eigenvalue weighted by Crippen LogP contribution is -2.27. The summed E-state index contributed by atoms with van der Waals surface area (Å²) in [7, 11) is 1.70. The van der Waals surface area contributed by atoms with Crippen molar-refractivity contribution < 1.29 is 4.74 Å².